The van der Waals surface area contributed by atoms with Gasteiger partial charge in [-0.2, -0.15) is 5.26 Å². The van der Waals surface area contributed by atoms with Crippen molar-refractivity contribution in [2.45, 2.75) is 31.6 Å². The lowest BCUT2D eigenvalue weighted by Gasteiger charge is -2.10. The Morgan fingerprint density at radius 2 is 2.12 bits per heavy atom. The zero-order valence-corrected chi connectivity index (χ0v) is 14.1. The Morgan fingerprint density at radius 3 is 2.96 bits per heavy atom. The maximum absolute atomic E-state index is 8.89. The van der Waals surface area contributed by atoms with E-state index in [9.17, 15) is 0 Å². The maximum Gasteiger partial charge on any atom is 0.179 e. The molecule has 0 bridgehead atoms. The molecule has 4 aromatic heterocycles. The van der Waals surface area contributed by atoms with Crippen molar-refractivity contribution in [1.29, 1.82) is 5.26 Å². The van der Waals surface area contributed by atoms with Crippen molar-refractivity contribution in [3.05, 3.63) is 53.9 Å². The van der Waals surface area contributed by atoms with Gasteiger partial charge in [-0.05, 0) is 49.8 Å². The number of fused-ring (bicyclic) bond motifs is 3. The predicted molar refractivity (Wildman–Crippen MR) is 95.4 cm³/mol. The van der Waals surface area contributed by atoms with Crippen LogP contribution in [0.2, 0.25) is 0 Å². The average Bonchev–Trinajstić information content (AvgIpc) is 3.40. The molecule has 7 heteroatoms. The third kappa shape index (κ3) is 2.42. The van der Waals surface area contributed by atoms with Crippen LogP contribution in [0.5, 0.6) is 0 Å². The standard InChI is InChI=1S/C19H17N7/c20-9-13-2-4-15(22-10-13)8-12-1-3-14(7-12)19-25-24-17-11-23-18-16(26(17)19)5-6-21-18/h2,4-6,10-12,14,21H,1,3,7-8H2/t12-,14+/m0/s1. The molecule has 7 nitrogen and oxygen atoms in total. The fourth-order valence-corrected chi connectivity index (χ4v) is 4.06. The summed E-state index contributed by atoms with van der Waals surface area (Å²) in [6, 6.07) is 7.95. The molecule has 0 amide bonds. The molecule has 128 valence electrons. The number of nitriles is 1. The van der Waals surface area contributed by atoms with E-state index in [1.165, 1.54) is 0 Å². The molecule has 2 atom stereocenters. The molecule has 1 saturated carbocycles. The highest BCUT2D eigenvalue weighted by molar-refractivity contribution is 5.74. The van der Waals surface area contributed by atoms with Gasteiger partial charge in [-0.3, -0.25) is 9.38 Å². The summed E-state index contributed by atoms with van der Waals surface area (Å²) < 4.78 is 2.13. The summed E-state index contributed by atoms with van der Waals surface area (Å²) in [7, 11) is 0. The van der Waals surface area contributed by atoms with Crippen LogP contribution in [0.3, 0.4) is 0 Å². The summed E-state index contributed by atoms with van der Waals surface area (Å²) in [5, 5.41) is 17.7. The second kappa shape index (κ2) is 5.92. The van der Waals surface area contributed by atoms with Crippen LogP contribution in [0.25, 0.3) is 16.8 Å². The minimum atomic E-state index is 0.397. The van der Waals surface area contributed by atoms with Gasteiger partial charge in [0.25, 0.3) is 0 Å². The lowest BCUT2D eigenvalue weighted by Crippen LogP contribution is -2.05. The highest BCUT2D eigenvalue weighted by atomic mass is 15.3. The monoisotopic (exact) mass is 343 g/mol. The molecular formula is C19H17N7. The van der Waals surface area contributed by atoms with Crippen molar-refractivity contribution in [3.63, 3.8) is 0 Å². The first kappa shape index (κ1) is 15.0. The molecule has 0 saturated heterocycles. The molecular weight excluding hydrogens is 326 g/mol. The molecule has 4 aromatic rings. The zero-order valence-electron chi connectivity index (χ0n) is 14.1. The van der Waals surface area contributed by atoms with E-state index in [4.69, 9.17) is 5.26 Å². The highest BCUT2D eigenvalue weighted by Gasteiger charge is 2.30. The van der Waals surface area contributed by atoms with E-state index in [0.717, 1.165) is 54.0 Å². The van der Waals surface area contributed by atoms with Crippen LogP contribution in [0.1, 0.15) is 42.3 Å². The predicted octanol–water partition coefficient (Wildman–Crippen LogP) is 3.00. The van der Waals surface area contributed by atoms with Crippen LogP contribution in [0, 0.1) is 17.2 Å². The first-order chi connectivity index (χ1) is 12.8. The molecule has 0 aliphatic heterocycles. The van der Waals surface area contributed by atoms with Gasteiger partial charge in [-0.15, -0.1) is 10.2 Å². The van der Waals surface area contributed by atoms with Crippen LogP contribution in [-0.2, 0) is 6.42 Å². The molecule has 1 aliphatic rings. The minimum Gasteiger partial charge on any atom is -0.345 e. The van der Waals surface area contributed by atoms with Crippen LogP contribution in [-0.4, -0.2) is 29.5 Å². The number of hydrogen-bond donors (Lipinski definition) is 1. The molecule has 0 unspecified atom stereocenters. The van der Waals surface area contributed by atoms with Gasteiger partial charge in [0.05, 0.1) is 17.3 Å². The topological polar surface area (TPSA) is 95.5 Å². The van der Waals surface area contributed by atoms with Gasteiger partial charge in [-0.25, -0.2) is 4.98 Å². The Hall–Kier alpha value is -3.27. The molecule has 26 heavy (non-hydrogen) atoms. The molecule has 0 radical (unpaired) electrons. The molecule has 1 N–H and O–H groups in total. The largest absolute Gasteiger partial charge is 0.345 e. The first-order valence-electron chi connectivity index (χ1n) is 8.84. The van der Waals surface area contributed by atoms with Crippen molar-refractivity contribution in [2.75, 3.05) is 0 Å². The Morgan fingerprint density at radius 1 is 1.15 bits per heavy atom. The summed E-state index contributed by atoms with van der Waals surface area (Å²) in [6.07, 6.45) is 9.61. The van der Waals surface area contributed by atoms with E-state index in [2.05, 4.69) is 35.6 Å². The normalized spacial score (nSPS) is 20.0. The number of aromatic amines is 1. The Kier molecular flexibility index (Phi) is 3.42. The Bertz CT molecular complexity index is 1120. The van der Waals surface area contributed by atoms with Gasteiger partial charge < -0.3 is 4.98 Å². The third-order valence-corrected chi connectivity index (χ3v) is 5.33. The second-order valence-corrected chi connectivity index (χ2v) is 6.95. The van der Waals surface area contributed by atoms with Gasteiger partial charge in [0.1, 0.15) is 11.9 Å². The Labute approximate surface area is 149 Å². The van der Waals surface area contributed by atoms with Crippen molar-refractivity contribution in [2.24, 2.45) is 5.92 Å². The van der Waals surface area contributed by atoms with Gasteiger partial charge in [-0.1, -0.05) is 0 Å². The summed E-state index contributed by atoms with van der Waals surface area (Å²) >= 11 is 0. The fraction of sp³-hybridized carbons (Fsp3) is 0.316. The van der Waals surface area contributed by atoms with Crippen LogP contribution in [0.4, 0.5) is 0 Å². The van der Waals surface area contributed by atoms with Gasteiger partial charge in [0.2, 0.25) is 0 Å². The van der Waals surface area contributed by atoms with Crippen LogP contribution >= 0.6 is 0 Å². The lowest BCUT2D eigenvalue weighted by molar-refractivity contribution is 0.524. The molecule has 1 aliphatic carbocycles. The molecule has 0 aromatic carbocycles. The van der Waals surface area contributed by atoms with E-state index in [1.54, 1.807) is 12.4 Å². The second-order valence-electron chi connectivity index (χ2n) is 6.95. The fourth-order valence-electron chi connectivity index (χ4n) is 4.06. The summed E-state index contributed by atoms with van der Waals surface area (Å²) in [6.45, 7) is 0. The van der Waals surface area contributed by atoms with Crippen molar-refractivity contribution >= 4 is 16.8 Å². The van der Waals surface area contributed by atoms with Gasteiger partial charge in [0.15, 0.2) is 11.3 Å². The first-order valence-corrected chi connectivity index (χ1v) is 8.84. The maximum atomic E-state index is 8.89. The molecule has 5 rings (SSSR count). The average molecular weight is 343 g/mol. The summed E-state index contributed by atoms with van der Waals surface area (Å²) in [4.78, 5) is 12.0. The van der Waals surface area contributed by atoms with E-state index in [-0.39, 0.29) is 0 Å². The zero-order chi connectivity index (χ0) is 17.5. The molecule has 1 fully saturated rings. The summed E-state index contributed by atoms with van der Waals surface area (Å²) in [5.41, 5.74) is 4.34. The number of hydrogen-bond acceptors (Lipinski definition) is 5. The number of aromatic nitrogens is 6. The van der Waals surface area contributed by atoms with Crippen molar-refractivity contribution in [1.82, 2.24) is 29.5 Å². The number of rotatable bonds is 3. The minimum absolute atomic E-state index is 0.397. The van der Waals surface area contributed by atoms with E-state index >= 15 is 0 Å². The van der Waals surface area contributed by atoms with E-state index in [0.29, 0.717) is 17.4 Å². The van der Waals surface area contributed by atoms with E-state index < -0.39 is 0 Å². The smallest absolute Gasteiger partial charge is 0.179 e. The SMILES string of the molecule is N#Cc1ccc(C[C@H]2CC[C@@H](c3nnc4cnc5[nH]ccc5n34)C2)nc1. The number of nitrogens with zero attached hydrogens (tertiary/aromatic N) is 6. The van der Waals surface area contributed by atoms with E-state index in [1.807, 2.05) is 24.4 Å². The van der Waals surface area contributed by atoms with Crippen LogP contribution < -0.4 is 0 Å². The van der Waals surface area contributed by atoms with Gasteiger partial charge in [0, 0.05) is 24.0 Å². The lowest BCUT2D eigenvalue weighted by atomic mass is 9.99. The van der Waals surface area contributed by atoms with Crippen molar-refractivity contribution in [3.8, 4) is 6.07 Å². The number of pyridine rings is 1. The molecule has 0 spiro atoms. The number of H-pyrrole nitrogens is 1. The molecule has 4 heterocycles. The third-order valence-electron chi connectivity index (χ3n) is 5.33. The van der Waals surface area contributed by atoms with Gasteiger partial charge >= 0.3 is 0 Å². The quantitative estimate of drug-likeness (QED) is 0.617. The van der Waals surface area contributed by atoms with Crippen LogP contribution in [0.15, 0.2) is 36.8 Å². The Balaban J connectivity index is 1.39. The highest BCUT2D eigenvalue weighted by Crippen LogP contribution is 2.39. The summed E-state index contributed by atoms with van der Waals surface area (Å²) in [5.74, 6) is 2.01. The number of nitrogens with one attached hydrogen (secondary N) is 1. The van der Waals surface area contributed by atoms with Crippen molar-refractivity contribution < 1.29 is 0 Å².